The Labute approximate surface area is 87.5 Å². The van der Waals surface area contributed by atoms with E-state index in [1.54, 1.807) is 38.3 Å². The van der Waals surface area contributed by atoms with Gasteiger partial charge in [-0.05, 0) is 31.2 Å². The van der Waals surface area contributed by atoms with Crippen molar-refractivity contribution < 1.29 is 19.4 Å². The van der Waals surface area contributed by atoms with E-state index in [-0.39, 0.29) is 5.78 Å². The second-order valence-electron chi connectivity index (χ2n) is 2.62. The van der Waals surface area contributed by atoms with Crippen molar-refractivity contribution in [2.75, 3.05) is 7.11 Å². The number of ketones is 1. The van der Waals surface area contributed by atoms with Crippen LogP contribution in [-0.4, -0.2) is 24.1 Å². The zero-order valence-corrected chi connectivity index (χ0v) is 8.56. The third kappa shape index (κ3) is 6.09. The number of ether oxygens (including phenoxy) is 1. The predicted molar refractivity (Wildman–Crippen MR) is 55.2 cm³/mol. The van der Waals surface area contributed by atoms with Gasteiger partial charge in [-0.25, -0.2) is 4.79 Å². The van der Waals surface area contributed by atoms with Crippen molar-refractivity contribution in [1.29, 1.82) is 0 Å². The van der Waals surface area contributed by atoms with Crippen molar-refractivity contribution in [2.45, 2.75) is 6.92 Å². The molecule has 1 aromatic carbocycles. The second-order valence-corrected chi connectivity index (χ2v) is 2.62. The maximum absolute atomic E-state index is 10.8. The first-order valence-corrected chi connectivity index (χ1v) is 4.10. The smallest absolute Gasteiger partial charge is 0.402 e. The molecule has 0 aliphatic heterocycles. The predicted octanol–water partition coefficient (Wildman–Crippen LogP) is 1.52. The van der Waals surface area contributed by atoms with Gasteiger partial charge in [-0.1, -0.05) is 0 Å². The number of carboxylic acid groups (broad SMARTS) is 1. The molecule has 0 saturated carbocycles. The van der Waals surface area contributed by atoms with Gasteiger partial charge in [0.05, 0.1) is 7.11 Å². The van der Waals surface area contributed by atoms with E-state index in [0.29, 0.717) is 5.56 Å². The van der Waals surface area contributed by atoms with Crippen molar-refractivity contribution in [2.24, 2.45) is 5.73 Å². The van der Waals surface area contributed by atoms with Gasteiger partial charge in [-0.15, -0.1) is 0 Å². The molecule has 0 radical (unpaired) electrons. The summed E-state index contributed by atoms with van der Waals surface area (Å²) in [5.74, 6) is 0.850. The van der Waals surface area contributed by atoms with E-state index in [0.717, 1.165) is 5.75 Å². The Morgan fingerprint density at radius 1 is 1.27 bits per heavy atom. The highest BCUT2D eigenvalue weighted by atomic mass is 16.5. The average molecular weight is 211 g/mol. The minimum Gasteiger partial charge on any atom is -0.497 e. The number of hydrogen-bond acceptors (Lipinski definition) is 3. The molecule has 5 nitrogen and oxygen atoms in total. The number of methoxy groups -OCH3 is 1. The van der Waals surface area contributed by atoms with Gasteiger partial charge in [0.15, 0.2) is 5.78 Å². The van der Waals surface area contributed by atoms with Gasteiger partial charge in [-0.2, -0.15) is 0 Å². The van der Waals surface area contributed by atoms with Crippen LogP contribution in [0.2, 0.25) is 0 Å². The Hall–Kier alpha value is -2.04. The normalized spacial score (nSPS) is 8.40. The number of nitrogens with two attached hydrogens (primary N) is 1. The molecule has 3 N–H and O–H groups in total. The molecule has 15 heavy (non-hydrogen) atoms. The molecule has 0 spiro atoms. The number of Topliss-reactive ketones (excluding diaryl/α,β-unsaturated/α-hetero) is 1. The van der Waals surface area contributed by atoms with Crippen LogP contribution in [0.15, 0.2) is 24.3 Å². The van der Waals surface area contributed by atoms with Gasteiger partial charge in [-0.3, -0.25) is 4.79 Å². The molecule has 5 heteroatoms. The fourth-order valence-electron chi connectivity index (χ4n) is 0.826. The Kier molecular flexibility index (Phi) is 5.55. The van der Waals surface area contributed by atoms with E-state index < -0.39 is 6.09 Å². The van der Waals surface area contributed by atoms with Gasteiger partial charge >= 0.3 is 6.09 Å². The zero-order chi connectivity index (χ0) is 11.8. The molecule has 0 unspecified atom stereocenters. The Morgan fingerprint density at radius 3 is 1.93 bits per heavy atom. The van der Waals surface area contributed by atoms with E-state index in [1.807, 2.05) is 0 Å². The third-order valence-corrected chi connectivity index (χ3v) is 1.50. The molecule has 0 aliphatic rings. The zero-order valence-electron chi connectivity index (χ0n) is 8.56. The summed E-state index contributed by atoms with van der Waals surface area (Å²) in [5.41, 5.74) is 4.74. The van der Waals surface area contributed by atoms with E-state index in [2.05, 4.69) is 5.73 Å². The van der Waals surface area contributed by atoms with Crippen LogP contribution in [0.25, 0.3) is 0 Å². The lowest BCUT2D eigenvalue weighted by atomic mass is 10.1. The fraction of sp³-hybridized carbons (Fsp3) is 0.200. The van der Waals surface area contributed by atoms with Crippen LogP contribution >= 0.6 is 0 Å². The number of amides is 1. The van der Waals surface area contributed by atoms with Gasteiger partial charge in [0.2, 0.25) is 0 Å². The van der Waals surface area contributed by atoms with Crippen molar-refractivity contribution in [3.8, 4) is 5.75 Å². The summed E-state index contributed by atoms with van der Waals surface area (Å²) >= 11 is 0. The molecule has 0 aliphatic carbocycles. The highest BCUT2D eigenvalue weighted by Crippen LogP contribution is 2.11. The first-order chi connectivity index (χ1) is 6.97. The van der Waals surface area contributed by atoms with Crippen LogP contribution in [0.3, 0.4) is 0 Å². The van der Waals surface area contributed by atoms with Crippen LogP contribution in [0.5, 0.6) is 5.75 Å². The largest absolute Gasteiger partial charge is 0.497 e. The highest BCUT2D eigenvalue weighted by molar-refractivity contribution is 5.94. The lowest BCUT2D eigenvalue weighted by molar-refractivity contribution is 0.101. The molecule has 0 fully saturated rings. The molecular weight excluding hydrogens is 198 g/mol. The molecule has 0 atom stereocenters. The van der Waals surface area contributed by atoms with Crippen molar-refractivity contribution >= 4 is 11.9 Å². The van der Waals surface area contributed by atoms with Crippen molar-refractivity contribution in [3.63, 3.8) is 0 Å². The number of carbonyl (C=O) groups is 2. The molecule has 0 bridgehead atoms. The topological polar surface area (TPSA) is 89.6 Å². The average Bonchev–Trinajstić information content (AvgIpc) is 2.17. The van der Waals surface area contributed by atoms with Crippen LogP contribution < -0.4 is 10.5 Å². The summed E-state index contributed by atoms with van der Waals surface area (Å²) in [4.78, 5) is 19.6. The number of primary amides is 1. The van der Waals surface area contributed by atoms with E-state index >= 15 is 0 Å². The minimum absolute atomic E-state index is 0.0765. The molecule has 1 aromatic rings. The Bertz CT molecular complexity index is 328. The minimum atomic E-state index is -1.33. The van der Waals surface area contributed by atoms with Gasteiger partial charge < -0.3 is 15.6 Å². The Balaban J connectivity index is 0.000000423. The Morgan fingerprint density at radius 2 is 1.67 bits per heavy atom. The lowest BCUT2D eigenvalue weighted by Gasteiger charge is -1.98. The van der Waals surface area contributed by atoms with E-state index in [9.17, 15) is 4.79 Å². The molecule has 1 rings (SSSR count). The maximum Gasteiger partial charge on any atom is 0.402 e. The molecule has 0 aromatic heterocycles. The molecule has 1 amide bonds. The lowest BCUT2D eigenvalue weighted by Crippen LogP contribution is -2.03. The van der Waals surface area contributed by atoms with Gasteiger partial charge in [0.25, 0.3) is 0 Å². The first kappa shape index (κ1) is 13.0. The quantitative estimate of drug-likeness (QED) is 0.725. The summed E-state index contributed by atoms with van der Waals surface area (Å²) in [6.45, 7) is 1.54. The standard InChI is InChI=1S/C9H10O2.CH3NO2/c1-7(10)8-3-5-9(11-2)6-4-8;2-1(3)4/h3-6H,1-2H3;2H2,(H,3,4). The van der Waals surface area contributed by atoms with Crippen molar-refractivity contribution in [3.05, 3.63) is 29.8 Å². The van der Waals surface area contributed by atoms with Crippen LogP contribution in [0.4, 0.5) is 4.79 Å². The molecule has 82 valence electrons. The van der Waals surface area contributed by atoms with E-state index in [1.165, 1.54) is 0 Å². The van der Waals surface area contributed by atoms with Crippen LogP contribution in [-0.2, 0) is 0 Å². The fourth-order valence-corrected chi connectivity index (χ4v) is 0.826. The molecular formula is C10H13NO4. The maximum atomic E-state index is 10.8. The SMILES string of the molecule is COc1ccc(C(C)=O)cc1.NC(=O)O. The number of rotatable bonds is 2. The van der Waals surface area contributed by atoms with Gasteiger partial charge in [0.1, 0.15) is 5.75 Å². The molecule has 0 saturated heterocycles. The highest BCUT2D eigenvalue weighted by Gasteiger charge is 1.97. The van der Waals surface area contributed by atoms with Crippen LogP contribution in [0, 0.1) is 0 Å². The summed E-state index contributed by atoms with van der Waals surface area (Å²) in [6.07, 6.45) is -1.33. The summed E-state index contributed by atoms with van der Waals surface area (Å²) in [6, 6.07) is 7.05. The first-order valence-electron chi connectivity index (χ1n) is 4.10. The van der Waals surface area contributed by atoms with Crippen molar-refractivity contribution in [1.82, 2.24) is 0 Å². The monoisotopic (exact) mass is 211 g/mol. The number of benzene rings is 1. The number of carbonyl (C=O) groups excluding carboxylic acids is 1. The third-order valence-electron chi connectivity index (χ3n) is 1.50. The van der Waals surface area contributed by atoms with Crippen LogP contribution in [0.1, 0.15) is 17.3 Å². The van der Waals surface area contributed by atoms with E-state index in [4.69, 9.17) is 14.6 Å². The summed E-state index contributed by atoms with van der Waals surface area (Å²) in [5, 5.41) is 7.19. The molecule has 0 heterocycles. The van der Waals surface area contributed by atoms with Gasteiger partial charge in [0, 0.05) is 5.56 Å². The summed E-state index contributed by atoms with van der Waals surface area (Å²) < 4.78 is 4.94. The number of hydrogen-bond donors (Lipinski definition) is 2. The summed E-state index contributed by atoms with van der Waals surface area (Å²) in [7, 11) is 1.60. The second kappa shape index (κ2) is 6.42.